The van der Waals surface area contributed by atoms with Crippen LogP contribution in [0.4, 0.5) is 13.2 Å². The van der Waals surface area contributed by atoms with Gasteiger partial charge in [-0.15, -0.1) is 11.3 Å². The molecule has 2 heterocycles. The molecule has 0 radical (unpaired) electrons. The lowest BCUT2D eigenvalue weighted by Crippen LogP contribution is -2.41. The summed E-state index contributed by atoms with van der Waals surface area (Å²) in [7, 11) is 0. The van der Waals surface area contributed by atoms with Gasteiger partial charge in [0.15, 0.2) is 0 Å². The lowest BCUT2D eigenvalue weighted by atomic mass is 10.2. The van der Waals surface area contributed by atoms with Gasteiger partial charge in [0, 0.05) is 31.1 Å². The van der Waals surface area contributed by atoms with Gasteiger partial charge in [0.25, 0.3) is 5.56 Å². The van der Waals surface area contributed by atoms with Crippen molar-refractivity contribution in [1.29, 1.82) is 0 Å². The highest BCUT2D eigenvalue weighted by Crippen LogP contribution is 2.29. The third-order valence-corrected chi connectivity index (χ3v) is 4.97. The third-order valence-electron chi connectivity index (χ3n) is 3.65. The molecule has 0 amide bonds. The van der Waals surface area contributed by atoms with Crippen LogP contribution in [0.2, 0.25) is 0 Å². The van der Waals surface area contributed by atoms with Crippen molar-refractivity contribution < 1.29 is 13.2 Å². The van der Waals surface area contributed by atoms with E-state index in [0.717, 1.165) is 20.8 Å². The molecule has 0 aliphatic carbocycles. The van der Waals surface area contributed by atoms with E-state index in [1.54, 1.807) is 13.8 Å². The maximum Gasteiger partial charge on any atom is 0.406 e. The molecule has 0 atom stereocenters. The molecule has 0 saturated carbocycles. The van der Waals surface area contributed by atoms with Gasteiger partial charge in [0.05, 0.1) is 5.39 Å². The Morgan fingerprint density at radius 3 is 2.46 bits per heavy atom. The molecular weight excluding hydrogens is 345 g/mol. The number of thiophene rings is 1. The van der Waals surface area contributed by atoms with Crippen LogP contribution in [-0.2, 0) is 19.6 Å². The van der Waals surface area contributed by atoms with Gasteiger partial charge < -0.3 is 11.1 Å². The number of alkyl halides is 3. The van der Waals surface area contributed by atoms with Crippen molar-refractivity contribution in [2.75, 3.05) is 13.1 Å². The highest BCUT2D eigenvalue weighted by molar-refractivity contribution is 7.18. The Hall–Kier alpha value is -1.65. The molecule has 10 heteroatoms. The number of halogens is 3. The molecule has 0 unspecified atom stereocenters. The van der Waals surface area contributed by atoms with Crippen LogP contribution in [0, 0.1) is 6.92 Å². The molecule has 2 rings (SSSR count). The summed E-state index contributed by atoms with van der Waals surface area (Å²) in [4.78, 5) is 25.6. The standard InChI is InChI=1S/C14H19F3N4O2S/c1-3-20-11(22)10-8(2)9(6-19-5-4-18)24-12(10)21(13(20)23)7-14(15,16)17/h19H,3-7,18H2,1-2H3. The zero-order valence-corrected chi connectivity index (χ0v) is 14.2. The first-order valence-electron chi connectivity index (χ1n) is 7.44. The third kappa shape index (κ3) is 3.55. The SMILES string of the molecule is CCn1c(=O)c2c(C)c(CNCCN)sc2n(CC(F)(F)F)c1=O. The minimum atomic E-state index is -4.55. The average Bonchev–Trinajstić information content (AvgIpc) is 2.81. The molecule has 3 N–H and O–H groups in total. The Balaban J connectivity index is 2.72. The summed E-state index contributed by atoms with van der Waals surface area (Å²) < 4.78 is 40.1. The Morgan fingerprint density at radius 1 is 1.25 bits per heavy atom. The second kappa shape index (κ2) is 7.08. The van der Waals surface area contributed by atoms with Crippen LogP contribution in [-0.4, -0.2) is 28.4 Å². The second-order valence-electron chi connectivity index (χ2n) is 5.33. The van der Waals surface area contributed by atoms with Crippen molar-refractivity contribution in [2.24, 2.45) is 5.73 Å². The molecule has 0 spiro atoms. The van der Waals surface area contributed by atoms with E-state index < -0.39 is 24.0 Å². The number of fused-ring (bicyclic) bond motifs is 1. The van der Waals surface area contributed by atoms with Gasteiger partial charge in [-0.25, -0.2) is 4.79 Å². The fourth-order valence-corrected chi connectivity index (χ4v) is 3.77. The molecule has 2 aromatic heterocycles. The Kier molecular flexibility index (Phi) is 5.51. The van der Waals surface area contributed by atoms with Crippen molar-refractivity contribution in [3.8, 4) is 0 Å². The van der Waals surface area contributed by atoms with Crippen LogP contribution in [0.3, 0.4) is 0 Å². The molecule has 0 fully saturated rings. The summed E-state index contributed by atoms with van der Waals surface area (Å²) >= 11 is 1.04. The highest BCUT2D eigenvalue weighted by Gasteiger charge is 2.31. The monoisotopic (exact) mass is 364 g/mol. The van der Waals surface area contributed by atoms with E-state index in [1.807, 2.05) is 0 Å². The maximum atomic E-state index is 12.9. The van der Waals surface area contributed by atoms with Gasteiger partial charge >= 0.3 is 11.9 Å². The van der Waals surface area contributed by atoms with Crippen LogP contribution < -0.4 is 22.3 Å². The number of nitrogens with one attached hydrogen (secondary N) is 1. The van der Waals surface area contributed by atoms with Crippen LogP contribution >= 0.6 is 11.3 Å². The molecule has 0 aromatic carbocycles. The molecule has 6 nitrogen and oxygen atoms in total. The van der Waals surface area contributed by atoms with Crippen molar-refractivity contribution in [3.63, 3.8) is 0 Å². The number of rotatable bonds is 6. The molecule has 134 valence electrons. The average molecular weight is 364 g/mol. The largest absolute Gasteiger partial charge is 0.406 e. The highest BCUT2D eigenvalue weighted by atomic mass is 32.1. The molecule has 2 aromatic rings. The first-order chi connectivity index (χ1) is 11.2. The maximum absolute atomic E-state index is 12.9. The van der Waals surface area contributed by atoms with Gasteiger partial charge in [0.1, 0.15) is 11.4 Å². The fourth-order valence-electron chi connectivity index (χ4n) is 2.51. The van der Waals surface area contributed by atoms with Gasteiger partial charge in [0.2, 0.25) is 0 Å². The normalized spacial score (nSPS) is 12.2. The minimum Gasteiger partial charge on any atom is -0.329 e. The van der Waals surface area contributed by atoms with Gasteiger partial charge in [-0.1, -0.05) is 0 Å². The van der Waals surface area contributed by atoms with Gasteiger partial charge in [-0.2, -0.15) is 13.2 Å². The molecule has 0 bridgehead atoms. The van der Waals surface area contributed by atoms with Crippen LogP contribution in [0.5, 0.6) is 0 Å². The number of hydrogen-bond donors (Lipinski definition) is 2. The second-order valence-corrected chi connectivity index (χ2v) is 6.41. The molecule has 24 heavy (non-hydrogen) atoms. The number of aryl methyl sites for hydroxylation is 1. The Morgan fingerprint density at radius 2 is 1.92 bits per heavy atom. The van der Waals surface area contributed by atoms with E-state index >= 15 is 0 Å². The van der Waals surface area contributed by atoms with E-state index in [9.17, 15) is 22.8 Å². The summed E-state index contributed by atoms with van der Waals surface area (Å²) in [5.74, 6) is 0. The summed E-state index contributed by atoms with van der Waals surface area (Å²) in [6, 6.07) is 0. The summed E-state index contributed by atoms with van der Waals surface area (Å²) in [6.45, 7) is 3.18. The van der Waals surface area contributed by atoms with Crippen molar-refractivity contribution in [2.45, 2.75) is 39.7 Å². The molecule has 0 saturated heterocycles. The number of nitrogens with two attached hydrogens (primary N) is 1. The fraction of sp³-hybridized carbons (Fsp3) is 0.571. The lowest BCUT2D eigenvalue weighted by Gasteiger charge is -2.12. The van der Waals surface area contributed by atoms with E-state index in [0.29, 0.717) is 29.8 Å². The smallest absolute Gasteiger partial charge is 0.329 e. The van der Waals surface area contributed by atoms with E-state index in [1.165, 1.54) is 0 Å². The van der Waals surface area contributed by atoms with E-state index in [2.05, 4.69) is 5.32 Å². The predicted octanol–water partition coefficient (Wildman–Crippen LogP) is 1.16. The van der Waals surface area contributed by atoms with Crippen molar-refractivity contribution in [3.05, 3.63) is 31.3 Å². The lowest BCUT2D eigenvalue weighted by molar-refractivity contribution is -0.140. The topological polar surface area (TPSA) is 82.0 Å². The van der Waals surface area contributed by atoms with Crippen molar-refractivity contribution in [1.82, 2.24) is 14.5 Å². The van der Waals surface area contributed by atoms with Crippen LogP contribution in [0.25, 0.3) is 10.2 Å². The Labute approximate surface area is 139 Å². The Bertz CT molecular complexity index is 851. The van der Waals surface area contributed by atoms with Gasteiger partial charge in [-0.3, -0.25) is 13.9 Å². The first kappa shape index (κ1) is 18.7. The van der Waals surface area contributed by atoms with Crippen LogP contribution in [0.1, 0.15) is 17.4 Å². The first-order valence-corrected chi connectivity index (χ1v) is 8.26. The van der Waals surface area contributed by atoms with Crippen LogP contribution in [0.15, 0.2) is 9.59 Å². The quantitative estimate of drug-likeness (QED) is 0.754. The number of nitrogens with zero attached hydrogens (tertiary/aromatic N) is 2. The zero-order chi connectivity index (χ0) is 18.1. The summed E-state index contributed by atoms with van der Waals surface area (Å²) in [5, 5.41) is 3.23. The van der Waals surface area contributed by atoms with Crippen molar-refractivity contribution >= 4 is 21.6 Å². The minimum absolute atomic E-state index is 0.0154. The number of hydrogen-bond acceptors (Lipinski definition) is 5. The predicted molar refractivity (Wildman–Crippen MR) is 87.6 cm³/mol. The van der Waals surface area contributed by atoms with Gasteiger partial charge in [-0.05, 0) is 19.4 Å². The molecular formula is C14H19F3N4O2S. The zero-order valence-electron chi connectivity index (χ0n) is 13.4. The number of aromatic nitrogens is 2. The summed E-state index contributed by atoms with van der Waals surface area (Å²) in [5.41, 5.74) is 4.52. The van der Waals surface area contributed by atoms with E-state index in [-0.39, 0.29) is 16.8 Å². The molecule has 0 aliphatic heterocycles. The van der Waals surface area contributed by atoms with E-state index in [4.69, 9.17) is 5.73 Å². The molecule has 0 aliphatic rings. The summed E-state index contributed by atoms with van der Waals surface area (Å²) in [6.07, 6.45) is -4.55.